The van der Waals surface area contributed by atoms with Gasteiger partial charge in [0.25, 0.3) is 5.91 Å². The van der Waals surface area contributed by atoms with Crippen LogP contribution in [0.15, 0.2) is 24.3 Å². The Morgan fingerprint density at radius 2 is 2.11 bits per heavy atom. The van der Waals surface area contributed by atoms with Crippen LogP contribution in [0.5, 0.6) is 5.75 Å². The van der Waals surface area contributed by atoms with Gasteiger partial charge >= 0.3 is 5.97 Å². The highest BCUT2D eigenvalue weighted by atomic mass is 16.5. The van der Waals surface area contributed by atoms with Gasteiger partial charge in [-0.2, -0.15) is 5.26 Å². The number of carbonyl (C=O) groups is 2. The van der Waals surface area contributed by atoms with Crippen molar-refractivity contribution in [2.24, 2.45) is 0 Å². The first-order valence-electron chi connectivity index (χ1n) is 5.34. The molecule has 3 N–H and O–H groups in total. The number of aliphatic carboxylic acids is 1. The van der Waals surface area contributed by atoms with Gasteiger partial charge < -0.3 is 20.3 Å². The fraction of sp³-hybridized carbons (Fsp3) is 0.250. The molecule has 0 saturated carbocycles. The first-order valence-corrected chi connectivity index (χ1v) is 5.34. The van der Waals surface area contributed by atoms with E-state index in [1.165, 1.54) is 6.07 Å². The normalized spacial score (nSPS) is 11.2. The summed E-state index contributed by atoms with van der Waals surface area (Å²) in [6, 6.07) is 8.31. The second-order valence-electron chi connectivity index (χ2n) is 3.55. The molecular formula is C12H12N2O5. The lowest BCUT2D eigenvalue weighted by atomic mass is 10.2. The largest absolute Gasteiger partial charge is 0.482 e. The van der Waals surface area contributed by atoms with Crippen molar-refractivity contribution in [1.29, 1.82) is 5.26 Å². The maximum absolute atomic E-state index is 11.3. The molecular weight excluding hydrogens is 252 g/mol. The Morgan fingerprint density at radius 1 is 1.42 bits per heavy atom. The molecule has 0 radical (unpaired) electrons. The molecule has 0 aliphatic heterocycles. The van der Waals surface area contributed by atoms with Crippen LogP contribution in [0.2, 0.25) is 0 Å². The molecule has 1 unspecified atom stereocenters. The van der Waals surface area contributed by atoms with Crippen LogP contribution in [-0.2, 0) is 9.59 Å². The minimum atomic E-state index is -1.66. The minimum Gasteiger partial charge on any atom is -0.482 e. The van der Waals surface area contributed by atoms with Crippen LogP contribution in [0.3, 0.4) is 0 Å². The van der Waals surface area contributed by atoms with E-state index in [1.807, 2.05) is 6.07 Å². The number of nitrogens with zero attached hydrogens (tertiary/aromatic N) is 1. The summed E-state index contributed by atoms with van der Waals surface area (Å²) in [7, 11) is 0. The molecule has 0 fully saturated rings. The van der Waals surface area contributed by atoms with Crippen molar-refractivity contribution in [3.63, 3.8) is 0 Å². The van der Waals surface area contributed by atoms with Crippen LogP contribution in [0.25, 0.3) is 0 Å². The first-order chi connectivity index (χ1) is 9.04. The molecule has 0 aromatic heterocycles. The van der Waals surface area contributed by atoms with E-state index < -0.39 is 24.5 Å². The van der Waals surface area contributed by atoms with Crippen LogP contribution < -0.4 is 10.1 Å². The van der Waals surface area contributed by atoms with E-state index in [-0.39, 0.29) is 12.4 Å². The Morgan fingerprint density at radius 3 is 2.74 bits per heavy atom. The van der Waals surface area contributed by atoms with Gasteiger partial charge in [0.05, 0.1) is 12.1 Å². The lowest BCUT2D eigenvalue weighted by Gasteiger charge is -2.09. The number of hydrogen-bond acceptors (Lipinski definition) is 5. The van der Waals surface area contributed by atoms with Gasteiger partial charge in [-0.15, -0.1) is 0 Å². The smallest absolute Gasteiger partial charge is 0.334 e. The number of aliphatic hydroxyl groups excluding tert-OH is 1. The average molecular weight is 264 g/mol. The van der Waals surface area contributed by atoms with Gasteiger partial charge in [-0.3, -0.25) is 4.79 Å². The zero-order chi connectivity index (χ0) is 14.3. The molecule has 1 aromatic rings. The molecule has 0 aliphatic carbocycles. The number of ether oxygens (including phenoxy) is 1. The third kappa shape index (κ3) is 4.65. The highest BCUT2D eigenvalue weighted by Gasteiger charge is 2.14. The molecule has 1 rings (SSSR count). The number of aliphatic hydroxyl groups is 1. The van der Waals surface area contributed by atoms with E-state index in [0.717, 1.165) is 0 Å². The number of benzene rings is 1. The van der Waals surface area contributed by atoms with Crippen LogP contribution in [-0.4, -0.2) is 41.3 Å². The lowest BCUT2D eigenvalue weighted by Crippen LogP contribution is -2.38. The quantitative estimate of drug-likeness (QED) is 0.637. The summed E-state index contributed by atoms with van der Waals surface area (Å²) in [4.78, 5) is 21.6. The Hall–Kier alpha value is -2.59. The van der Waals surface area contributed by atoms with E-state index in [1.54, 1.807) is 18.2 Å². The van der Waals surface area contributed by atoms with E-state index in [4.69, 9.17) is 20.2 Å². The predicted molar refractivity (Wildman–Crippen MR) is 63.3 cm³/mol. The standard InChI is InChI=1S/C12H12N2O5/c13-5-8-3-1-2-4-10(8)19-7-11(16)14-6-9(15)12(17)18/h1-4,9,15H,6-7H2,(H,14,16)(H,17,18). The van der Waals surface area contributed by atoms with Crippen molar-refractivity contribution < 1.29 is 24.5 Å². The SMILES string of the molecule is N#Cc1ccccc1OCC(=O)NCC(O)C(=O)O. The molecule has 100 valence electrons. The van der Waals surface area contributed by atoms with Crippen LogP contribution in [0.1, 0.15) is 5.56 Å². The zero-order valence-corrected chi connectivity index (χ0v) is 9.87. The number of hydrogen-bond donors (Lipinski definition) is 3. The molecule has 1 atom stereocenters. The summed E-state index contributed by atoms with van der Waals surface area (Å²) in [5.74, 6) is -1.75. The summed E-state index contributed by atoms with van der Waals surface area (Å²) < 4.78 is 5.12. The molecule has 0 saturated heterocycles. The molecule has 0 spiro atoms. The highest BCUT2D eigenvalue weighted by Crippen LogP contribution is 2.15. The third-order valence-electron chi connectivity index (χ3n) is 2.14. The number of nitriles is 1. The predicted octanol–water partition coefficient (Wildman–Crippen LogP) is -0.501. The molecule has 7 nitrogen and oxygen atoms in total. The fourth-order valence-electron chi connectivity index (χ4n) is 1.18. The number of nitrogens with one attached hydrogen (secondary N) is 1. The third-order valence-corrected chi connectivity index (χ3v) is 2.14. The molecule has 0 aliphatic rings. The second-order valence-corrected chi connectivity index (χ2v) is 3.55. The minimum absolute atomic E-state index is 0.263. The monoisotopic (exact) mass is 264 g/mol. The van der Waals surface area contributed by atoms with E-state index in [9.17, 15) is 9.59 Å². The summed E-state index contributed by atoms with van der Waals surface area (Å²) >= 11 is 0. The maximum atomic E-state index is 11.3. The molecule has 0 heterocycles. The second kappa shape index (κ2) is 6.98. The van der Waals surface area contributed by atoms with Gasteiger partial charge in [-0.05, 0) is 12.1 Å². The molecule has 1 amide bonds. The topological polar surface area (TPSA) is 120 Å². The van der Waals surface area contributed by atoms with Crippen LogP contribution in [0.4, 0.5) is 0 Å². The maximum Gasteiger partial charge on any atom is 0.334 e. The van der Waals surface area contributed by atoms with Crippen molar-refractivity contribution in [2.75, 3.05) is 13.2 Å². The Labute approximate surface area is 109 Å². The van der Waals surface area contributed by atoms with Crippen molar-refractivity contribution in [3.8, 4) is 11.8 Å². The van der Waals surface area contributed by atoms with Gasteiger partial charge in [0.2, 0.25) is 0 Å². The van der Waals surface area contributed by atoms with Crippen molar-refractivity contribution in [3.05, 3.63) is 29.8 Å². The number of para-hydroxylation sites is 1. The highest BCUT2D eigenvalue weighted by molar-refractivity contribution is 5.79. The van der Waals surface area contributed by atoms with Gasteiger partial charge in [0, 0.05) is 0 Å². The Balaban J connectivity index is 2.42. The number of carboxylic acids is 1. The summed E-state index contributed by atoms with van der Waals surface area (Å²) in [6.45, 7) is -0.775. The van der Waals surface area contributed by atoms with Gasteiger partial charge in [-0.25, -0.2) is 4.79 Å². The summed E-state index contributed by atoms with van der Waals surface area (Å²) in [5.41, 5.74) is 0.292. The molecule has 1 aromatic carbocycles. The average Bonchev–Trinajstić information content (AvgIpc) is 2.42. The lowest BCUT2D eigenvalue weighted by molar-refractivity contribution is -0.146. The number of carbonyl (C=O) groups excluding carboxylic acids is 1. The molecule has 7 heteroatoms. The summed E-state index contributed by atoms with van der Waals surface area (Å²) in [6.07, 6.45) is -1.66. The Bertz CT molecular complexity index is 509. The van der Waals surface area contributed by atoms with Crippen LogP contribution >= 0.6 is 0 Å². The number of carboxylic acid groups (broad SMARTS) is 1. The van der Waals surface area contributed by atoms with Crippen molar-refractivity contribution >= 4 is 11.9 Å². The van der Waals surface area contributed by atoms with Gasteiger partial charge in [0.1, 0.15) is 11.8 Å². The Kier molecular flexibility index (Phi) is 5.32. The zero-order valence-electron chi connectivity index (χ0n) is 9.87. The van der Waals surface area contributed by atoms with Crippen molar-refractivity contribution in [2.45, 2.75) is 6.10 Å². The van der Waals surface area contributed by atoms with Gasteiger partial charge in [-0.1, -0.05) is 12.1 Å². The van der Waals surface area contributed by atoms with E-state index in [0.29, 0.717) is 5.56 Å². The molecule has 0 bridgehead atoms. The fourth-order valence-corrected chi connectivity index (χ4v) is 1.18. The van der Waals surface area contributed by atoms with Crippen molar-refractivity contribution in [1.82, 2.24) is 5.32 Å². The van der Waals surface area contributed by atoms with Gasteiger partial charge in [0.15, 0.2) is 12.7 Å². The summed E-state index contributed by atoms with van der Waals surface area (Å²) in [5, 5.41) is 28.3. The van der Waals surface area contributed by atoms with E-state index in [2.05, 4.69) is 5.32 Å². The molecule has 19 heavy (non-hydrogen) atoms. The number of amides is 1. The number of rotatable bonds is 6. The van der Waals surface area contributed by atoms with Crippen LogP contribution in [0, 0.1) is 11.3 Å². The first kappa shape index (κ1) is 14.5. The van der Waals surface area contributed by atoms with E-state index >= 15 is 0 Å².